The molecule has 3 aromatic rings. The van der Waals surface area contributed by atoms with E-state index in [0.29, 0.717) is 46.7 Å². The van der Waals surface area contributed by atoms with Gasteiger partial charge in [0.25, 0.3) is 0 Å². The smallest absolute Gasteiger partial charge is 0.310 e. The van der Waals surface area contributed by atoms with Crippen LogP contribution in [-0.4, -0.2) is 48.3 Å². The second-order valence-electron chi connectivity index (χ2n) is 9.03. The summed E-state index contributed by atoms with van der Waals surface area (Å²) in [6, 6.07) is 14.7. The van der Waals surface area contributed by atoms with Gasteiger partial charge in [-0.25, -0.2) is 13.4 Å². The molecule has 0 bridgehead atoms. The third kappa shape index (κ3) is 4.70. The van der Waals surface area contributed by atoms with Crippen LogP contribution in [0, 0.1) is 0 Å². The summed E-state index contributed by atoms with van der Waals surface area (Å²) in [6.07, 6.45) is 1.10. The molecule has 0 saturated carbocycles. The van der Waals surface area contributed by atoms with Crippen molar-refractivity contribution in [1.82, 2.24) is 9.97 Å². The van der Waals surface area contributed by atoms with E-state index in [-0.39, 0.29) is 16.5 Å². The number of aromatic nitrogens is 2. The van der Waals surface area contributed by atoms with E-state index in [2.05, 4.69) is 15.3 Å². The number of anilines is 3. The van der Waals surface area contributed by atoms with Crippen LogP contribution < -0.4 is 10.2 Å². The zero-order valence-electron chi connectivity index (χ0n) is 19.1. The lowest BCUT2D eigenvalue weighted by atomic mass is 9.92. The van der Waals surface area contributed by atoms with Crippen molar-refractivity contribution in [3.63, 3.8) is 0 Å². The highest BCUT2D eigenvalue weighted by Crippen LogP contribution is 2.36. The highest BCUT2D eigenvalue weighted by Gasteiger charge is 2.34. The lowest BCUT2D eigenvalue weighted by Gasteiger charge is -2.40. The number of hydrogen-bond acceptors (Lipinski definition) is 7. The van der Waals surface area contributed by atoms with Gasteiger partial charge in [0.15, 0.2) is 15.7 Å². The molecule has 0 amide bonds. The first-order valence-electron chi connectivity index (χ1n) is 11.4. The van der Waals surface area contributed by atoms with E-state index in [0.717, 1.165) is 13.1 Å². The molecule has 35 heavy (non-hydrogen) atoms. The summed E-state index contributed by atoms with van der Waals surface area (Å²) >= 11 is 6.00. The van der Waals surface area contributed by atoms with Gasteiger partial charge in [-0.2, -0.15) is 4.98 Å². The van der Waals surface area contributed by atoms with Crippen LogP contribution in [0.2, 0.25) is 5.02 Å². The van der Waals surface area contributed by atoms with Crippen LogP contribution in [-0.2, 0) is 21.1 Å². The molecule has 8 nitrogen and oxygen atoms in total. The van der Waals surface area contributed by atoms with Crippen molar-refractivity contribution < 1.29 is 18.3 Å². The van der Waals surface area contributed by atoms with E-state index >= 15 is 0 Å². The summed E-state index contributed by atoms with van der Waals surface area (Å²) in [5.74, 6) is -0.380. The van der Waals surface area contributed by atoms with E-state index in [9.17, 15) is 18.3 Å². The molecule has 10 heteroatoms. The van der Waals surface area contributed by atoms with Crippen molar-refractivity contribution in [2.75, 3.05) is 29.1 Å². The molecule has 182 valence electrons. The Kier molecular flexibility index (Phi) is 6.14. The third-order valence-corrected chi connectivity index (χ3v) is 8.74. The van der Waals surface area contributed by atoms with E-state index in [1.54, 1.807) is 31.2 Å². The number of nitrogens with one attached hydrogen (secondary N) is 1. The number of carbonyl (C=O) groups is 1. The SMILES string of the molecule is CC(C(=O)O)c1ccc(Nc2nc(N3CC(c4ccc(Cl)cc4)C3)nc3c2S(=O)(=O)CCC3)cc1. The molecular weight excluding hydrogens is 488 g/mol. The van der Waals surface area contributed by atoms with Crippen LogP contribution in [0.5, 0.6) is 0 Å². The first kappa shape index (κ1) is 23.6. The molecule has 3 heterocycles. The lowest BCUT2D eigenvalue weighted by molar-refractivity contribution is -0.138. The number of nitrogens with zero attached hydrogens (tertiary/aromatic N) is 3. The van der Waals surface area contributed by atoms with Gasteiger partial charge in [-0.05, 0) is 55.2 Å². The van der Waals surface area contributed by atoms with Crippen molar-refractivity contribution in [2.45, 2.75) is 36.5 Å². The van der Waals surface area contributed by atoms with Gasteiger partial charge >= 0.3 is 5.97 Å². The second kappa shape index (κ2) is 9.13. The average molecular weight is 513 g/mol. The quantitative estimate of drug-likeness (QED) is 0.500. The van der Waals surface area contributed by atoms with Crippen LogP contribution in [0.25, 0.3) is 0 Å². The molecule has 1 unspecified atom stereocenters. The summed E-state index contributed by atoms with van der Waals surface area (Å²) in [5.41, 5.74) is 3.02. The van der Waals surface area contributed by atoms with Crippen LogP contribution in [0.15, 0.2) is 53.4 Å². The molecule has 1 fully saturated rings. The Morgan fingerprint density at radius 3 is 2.46 bits per heavy atom. The molecule has 1 aromatic heterocycles. The zero-order valence-corrected chi connectivity index (χ0v) is 20.7. The fourth-order valence-corrected chi connectivity index (χ4v) is 6.21. The maximum Gasteiger partial charge on any atom is 0.310 e. The Labute approximate surface area is 208 Å². The summed E-state index contributed by atoms with van der Waals surface area (Å²) in [5, 5.41) is 13.1. The van der Waals surface area contributed by atoms with E-state index < -0.39 is 21.7 Å². The van der Waals surface area contributed by atoms with E-state index in [4.69, 9.17) is 11.6 Å². The van der Waals surface area contributed by atoms with Crippen LogP contribution >= 0.6 is 11.6 Å². The molecule has 2 N–H and O–H groups in total. The zero-order chi connectivity index (χ0) is 24.7. The fraction of sp³-hybridized carbons (Fsp3) is 0.320. The number of fused-ring (bicyclic) bond motifs is 1. The van der Waals surface area contributed by atoms with Gasteiger partial charge in [0, 0.05) is 29.7 Å². The molecule has 2 aliphatic rings. The van der Waals surface area contributed by atoms with E-state index in [1.807, 2.05) is 29.2 Å². The third-order valence-electron chi connectivity index (χ3n) is 6.61. The monoisotopic (exact) mass is 512 g/mol. The van der Waals surface area contributed by atoms with Crippen molar-refractivity contribution in [2.24, 2.45) is 0 Å². The Morgan fingerprint density at radius 2 is 1.80 bits per heavy atom. The van der Waals surface area contributed by atoms with Gasteiger partial charge in [0.2, 0.25) is 5.95 Å². The Bertz CT molecular complexity index is 1370. The maximum absolute atomic E-state index is 12.9. The minimum absolute atomic E-state index is 0.0643. The first-order chi connectivity index (χ1) is 16.7. The van der Waals surface area contributed by atoms with Gasteiger partial charge in [0.05, 0.1) is 17.4 Å². The normalized spacial score (nSPS) is 17.8. The number of rotatable bonds is 6. The van der Waals surface area contributed by atoms with Crippen molar-refractivity contribution >= 4 is 44.9 Å². The number of aryl methyl sites for hydroxylation is 1. The second-order valence-corrected chi connectivity index (χ2v) is 11.5. The number of carboxylic acids is 1. The molecule has 0 aliphatic carbocycles. The largest absolute Gasteiger partial charge is 0.481 e. The Balaban J connectivity index is 1.43. The summed E-state index contributed by atoms with van der Waals surface area (Å²) < 4.78 is 25.8. The van der Waals surface area contributed by atoms with Crippen molar-refractivity contribution in [3.05, 3.63) is 70.4 Å². The number of aliphatic carboxylic acids is 1. The number of sulfone groups is 1. The predicted octanol–water partition coefficient (Wildman–Crippen LogP) is 4.39. The van der Waals surface area contributed by atoms with Gasteiger partial charge in [-0.1, -0.05) is 35.9 Å². The average Bonchev–Trinajstić information content (AvgIpc) is 2.79. The molecular formula is C25H25ClN4O4S. The molecule has 0 spiro atoms. The number of benzene rings is 2. The molecule has 0 radical (unpaired) electrons. The number of carboxylic acid groups (broad SMARTS) is 1. The molecule has 2 aromatic carbocycles. The van der Waals surface area contributed by atoms with Gasteiger partial charge < -0.3 is 15.3 Å². The highest BCUT2D eigenvalue weighted by atomic mass is 35.5. The molecule has 5 rings (SSSR count). The van der Waals surface area contributed by atoms with Crippen molar-refractivity contribution in [1.29, 1.82) is 0 Å². The number of hydrogen-bond donors (Lipinski definition) is 2. The topological polar surface area (TPSA) is 112 Å². The Morgan fingerprint density at radius 1 is 1.11 bits per heavy atom. The first-order valence-corrected chi connectivity index (χ1v) is 13.5. The van der Waals surface area contributed by atoms with Gasteiger partial charge in [-0.3, -0.25) is 4.79 Å². The summed E-state index contributed by atoms with van der Waals surface area (Å²) in [4.78, 5) is 22.7. The van der Waals surface area contributed by atoms with Crippen molar-refractivity contribution in [3.8, 4) is 0 Å². The fourth-order valence-electron chi connectivity index (χ4n) is 4.46. The molecule has 2 aliphatic heterocycles. The Hall–Kier alpha value is -3.17. The van der Waals surface area contributed by atoms with Crippen LogP contribution in [0.4, 0.5) is 17.5 Å². The molecule has 1 saturated heterocycles. The number of halogens is 1. The van der Waals surface area contributed by atoms with Crippen LogP contribution in [0.3, 0.4) is 0 Å². The minimum atomic E-state index is -3.51. The maximum atomic E-state index is 12.9. The lowest BCUT2D eigenvalue weighted by Crippen LogP contribution is -2.46. The summed E-state index contributed by atoms with van der Waals surface area (Å²) in [6.45, 7) is 3.08. The predicted molar refractivity (Wildman–Crippen MR) is 135 cm³/mol. The van der Waals surface area contributed by atoms with Crippen LogP contribution in [0.1, 0.15) is 42.0 Å². The highest BCUT2D eigenvalue weighted by molar-refractivity contribution is 7.91. The van der Waals surface area contributed by atoms with E-state index in [1.165, 1.54) is 5.56 Å². The standard InChI is InChI=1S/C25H25ClN4O4S/c1-15(24(31)32)16-6-10-20(11-7-16)27-23-22-21(3-2-12-35(22,33)34)28-25(29-23)30-13-18(14-30)17-4-8-19(26)9-5-17/h4-11,15,18H,2-3,12-14H2,1H3,(H,31,32)(H,27,28,29). The summed E-state index contributed by atoms with van der Waals surface area (Å²) in [7, 11) is -3.51. The minimum Gasteiger partial charge on any atom is -0.481 e. The van der Waals surface area contributed by atoms with Gasteiger partial charge in [-0.15, -0.1) is 0 Å². The molecule has 1 atom stereocenters. The van der Waals surface area contributed by atoms with Gasteiger partial charge in [0.1, 0.15) is 4.90 Å².